The lowest BCUT2D eigenvalue weighted by atomic mass is 10.1. The van der Waals surface area contributed by atoms with Gasteiger partial charge in [0.25, 0.3) is 0 Å². The van der Waals surface area contributed by atoms with Crippen LogP contribution in [0.2, 0.25) is 0 Å². The molecule has 22 heavy (non-hydrogen) atoms. The molecule has 0 bridgehead atoms. The smallest absolute Gasteiger partial charge is 0.317 e. The van der Waals surface area contributed by atoms with Gasteiger partial charge in [0.2, 0.25) is 0 Å². The zero-order valence-corrected chi connectivity index (χ0v) is 12.9. The van der Waals surface area contributed by atoms with Crippen LogP contribution in [0.1, 0.15) is 29.8 Å². The molecule has 0 aliphatic carbocycles. The highest BCUT2D eigenvalue weighted by Crippen LogP contribution is 2.15. The molecule has 0 spiro atoms. The third-order valence-corrected chi connectivity index (χ3v) is 3.51. The highest BCUT2D eigenvalue weighted by molar-refractivity contribution is 5.74. The van der Waals surface area contributed by atoms with E-state index in [4.69, 9.17) is 0 Å². The topological polar surface area (TPSA) is 81.2 Å². The minimum atomic E-state index is -0.696. The highest BCUT2D eigenvalue weighted by Gasteiger charge is 2.17. The van der Waals surface area contributed by atoms with Crippen LogP contribution in [0.4, 0.5) is 4.79 Å². The van der Waals surface area contributed by atoms with Gasteiger partial charge in [-0.3, -0.25) is 5.10 Å². The summed E-state index contributed by atoms with van der Waals surface area (Å²) in [4.78, 5) is 13.7. The first-order chi connectivity index (χ1) is 10.6. The van der Waals surface area contributed by atoms with E-state index in [2.05, 4.69) is 15.5 Å². The zero-order valence-electron chi connectivity index (χ0n) is 12.9. The predicted octanol–water partition coefficient (Wildman–Crippen LogP) is 1.98. The Balaban J connectivity index is 1.90. The fourth-order valence-corrected chi connectivity index (χ4v) is 2.12. The number of aliphatic hydroxyl groups excluding tert-OH is 1. The monoisotopic (exact) mass is 302 g/mol. The zero-order chi connectivity index (χ0) is 15.9. The van der Waals surface area contributed by atoms with E-state index < -0.39 is 6.10 Å². The molecule has 2 aromatic rings. The molecule has 2 amide bonds. The molecular formula is C16H22N4O2. The van der Waals surface area contributed by atoms with Crippen LogP contribution < -0.4 is 5.32 Å². The molecule has 0 fully saturated rings. The second-order valence-electron chi connectivity index (χ2n) is 5.21. The number of aryl methyl sites for hydroxylation is 1. The number of aromatic nitrogens is 2. The number of hydrogen-bond acceptors (Lipinski definition) is 3. The van der Waals surface area contributed by atoms with E-state index in [1.54, 1.807) is 17.2 Å². The number of likely N-dealkylation sites (N-methyl/N-ethyl adjacent to an activating group) is 1. The van der Waals surface area contributed by atoms with Crippen LogP contribution in [0, 0.1) is 6.92 Å². The molecule has 6 heteroatoms. The van der Waals surface area contributed by atoms with Crippen LogP contribution in [0.25, 0.3) is 0 Å². The number of nitrogens with zero attached hydrogens (tertiary/aromatic N) is 2. The first-order valence-electron chi connectivity index (χ1n) is 7.35. The Morgan fingerprint density at radius 1 is 1.36 bits per heavy atom. The van der Waals surface area contributed by atoms with Gasteiger partial charge >= 0.3 is 6.03 Å². The number of aromatic amines is 1. The maximum atomic E-state index is 12.2. The average Bonchev–Trinajstić information content (AvgIpc) is 3.04. The summed E-state index contributed by atoms with van der Waals surface area (Å²) in [5, 5.41) is 19.7. The van der Waals surface area contributed by atoms with Crippen LogP contribution in [0.3, 0.4) is 0 Å². The van der Waals surface area contributed by atoms with Crippen molar-refractivity contribution in [3.8, 4) is 0 Å². The Labute approximate surface area is 130 Å². The predicted molar refractivity (Wildman–Crippen MR) is 84.2 cm³/mol. The molecule has 1 heterocycles. The van der Waals surface area contributed by atoms with Gasteiger partial charge in [0.15, 0.2) is 0 Å². The summed E-state index contributed by atoms with van der Waals surface area (Å²) in [6.45, 7) is 5.05. The fourth-order valence-electron chi connectivity index (χ4n) is 2.12. The summed E-state index contributed by atoms with van der Waals surface area (Å²) in [6.07, 6.45) is 0.943. The first-order valence-corrected chi connectivity index (χ1v) is 7.35. The quantitative estimate of drug-likeness (QED) is 0.763. The summed E-state index contributed by atoms with van der Waals surface area (Å²) in [6, 6.07) is 9.27. The van der Waals surface area contributed by atoms with Crippen LogP contribution in [-0.2, 0) is 6.54 Å². The number of carbonyl (C=O) groups excluding carboxylic acids is 1. The third kappa shape index (κ3) is 4.33. The Hall–Kier alpha value is -2.34. The molecule has 1 aromatic carbocycles. The number of amides is 2. The van der Waals surface area contributed by atoms with Gasteiger partial charge in [-0.05, 0) is 25.5 Å². The van der Waals surface area contributed by atoms with Gasteiger partial charge in [-0.2, -0.15) is 5.10 Å². The lowest BCUT2D eigenvalue weighted by molar-refractivity contribution is 0.123. The summed E-state index contributed by atoms with van der Waals surface area (Å²) in [5.74, 6) is 0. The number of benzene rings is 1. The van der Waals surface area contributed by atoms with Crippen molar-refractivity contribution in [3.05, 3.63) is 53.3 Å². The van der Waals surface area contributed by atoms with E-state index in [1.165, 1.54) is 0 Å². The van der Waals surface area contributed by atoms with Crippen LogP contribution in [0.5, 0.6) is 0 Å². The van der Waals surface area contributed by atoms with Crippen molar-refractivity contribution in [2.24, 2.45) is 0 Å². The normalized spacial score (nSPS) is 12.0. The minimum absolute atomic E-state index is 0.205. The Morgan fingerprint density at radius 2 is 2.09 bits per heavy atom. The van der Waals surface area contributed by atoms with Crippen LogP contribution >= 0.6 is 0 Å². The van der Waals surface area contributed by atoms with E-state index in [1.807, 2.05) is 38.1 Å². The highest BCUT2D eigenvalue weighted by atomic mass is 16.3. The lowest BCUT2D eigenvalue weighted by Gasteiger charge is -2.24. The van der Waals surface area contributed by atoms with E-state index in [-0.39, 0.29) is 12.6 Å². The van der Waals surface area contributed by atoms with E-state index in [9.17, 15) is 9.90 Å². The van der Waals surface area contributed by atoms with Crippen molar-refractivity contribution < 1.29 is 9.90 Å². The molecule has 1 aromatic heterocycles. The van der Waals surface area contributed by atoms with Crippen molar-refractivity contribution >= 4 is 6.03 Å². The van der Waals surface area contributed by atoms with Gasteiger partial charge in [-0.25, -0.2) is 4.79 Å². The molecule has 3 N–H and O–H groups in total. The van der Waals surface area contributed by atoms with Gasteiger partial charge in [0.05, 0.1) is 24.9 Å². The van der Waals surface area contributed by atoms with Crippen molar-refractivity contribution in [1.82, 2.24) is 20.4 Å². The SMILES string of the molecule is CCN(CC(O)c1ccc(C)cc1)C(=O)NCc1ccn[nH]1. The molecule has 0 saturated carbocycles. The molecular weight excluding hydrogens is 280 g/mol. The van der Waals surface area contributed by atoms with Crippen molar-refractivity contribution in [3.63, 3.8) is 0 Å². The number of rotatable bonds is 6. The molecule has 0 saturated heterocycles. The maximum Gasteiger partial charge on any atom is 0.317 e. The van der Waals surface area contributed by atoms with Crippen molar-refractivity contribution in [1.29, 1.82) is 0 Å². The standard InChI is InChI=1S/C16H22N4O2/c1-3-20(16(22)17-10-14-8-9-18-19-14)11-15(21)13-6-4-12(2)5-7-13/h4-9,15,21H,3,10-11H2,1-2H3,(H,17,22)(H,18,19). The number of urea groups is 1. The molecule has 0 aliphatic rings. The minimum Gasteiger partial charge on any atom is -0.387 e. The number of nitrogens with one attached hydrogen (secondary N) is 2. The van der Waals surface area contributed by atoms with Gasteiger partial charge in [0.1, 0.15) is 0 Å². The second-order valence-corrected chi connectivity index (χ2v) is 5.21. The second kappa shape index (κ2) is 7.61. The third-order valence-electron chi connectivity index (χ3n) is 3.51. The van der Waals surface area contributed by atoms with E-state index in [0.717, 1.165) is 16.8 Å². The molecule has 6 nitrogen and oxygen atoms in total. The van der Waals surface area contributed by atoms with Gasteiger partial charge < -0.3 is 15.3 Å². The molecule has 118 valence electrons. The summed E-state index contributed by atoms with van der Waals surface area (Å²) in [5.41, 5.74) is 2.79. The van der Waals surface area contributed by atoms with E-state index in [0.29, 0.717) is 13.1 Å². The molecule has 0 aliphatic heterocycles. The largest absolute Gasteiger partial charge is 0.387 e. The van der Waals surface area contributed by atoms with Crippen LogP contribution in [0.15, 0.2) is 36.5 Å². The molecule has 2 rings (SSSR count). The lowest BCUT2D eigenvalue weighted by Crippen LogP contribution is -2.41. The van der Waals surface area contributed by atoms with Gasteiger partial charge in [-0.15, -0.1) is 0 Å². The van der Waals surface area contributed by atoms with Gasteiger partial charge in [0, 0.05) is 12.7 Å². The van der Waals surface area contributed by atoms with Crippen molar-refractivity contribution in [2.75, 3.05) is 13.1 Å². The average molecular weight is 302 g/mol. The molecule has 1 atom stereocenters. The summed E-state index contributed by atoms with van der Waals surface area (Å²) < 4.78 is 0. The molecule has 1 unspecified atom stereocenters. The first kappa shape index (κ1) is 16.0. The van der Waals surface area contributed by atoms with Crippen LogP contribution in [-0.4, -0.2) is 39.3 Å². The Morgan fingerprint density at radius 3 is 2.68 bits per heavy atom. The van der Waals surface area contributed by atoms with E-state index >= 15 is 0 Å². The molecule has 0 radical (unpaired) electrons. The summed E-state index contributed by atoms with van der Waals surface area (Å²) in [7, 11) is 0. The Bertz CT molecular complexity index is 581. The maximum absolute atomic E-state index is 12.2. The number of hydrogen-bond donors (Lipinski definition) is 3. The number of H-pyrrole nitrogens is 1. The Kier molecular flexibility index (Phi) is 5.55. The van der Waals surface area contributed by atoms with Gasteiger partial charge in [-0.1, -0.05) is 29.8 Å². The summed E-state index contributed by atoms with van der Waals surface area (Å²) >= 11 is 0. The van der Waals surface area contributed by atoms with Crippen molar-refractivity contribution in [2.45, 2.75) is 26.5 Å². The fraction of sp³-hybridized carbons (Fsp3) is 0.375. The number of carbonyl (C=O) groups is 1. The number of aliphatic hydroxyl groups is 1.